The summed E-state index contributed by atoms with van der Waals surface area (Å²) >= 11 is 0. The zero-order chi connectivity index (χ0) is 26.7. The molecule has 0 nitrogen and oxygen atoms in total. The van der Waals surface area contributed by atoms with Crippen LogP contribution < -0.4 is 0 Å². The van der Waals surface area contributed by atoms with Crippen molar-refractivity contribution in [1.29, 1.82) is 0 Å². The second kappa shape index (κ2) is 12.4. The van der Waals surface area contributed by atoms with Gasteiger partial charge in [0.1, 0.15) is 0 Å². The summed E-state index contributed by atoms with van der Waals surface area (Å²) in [4.78, 5) is 0. The summed E-state index contributed by atoms with van der Waals surface area (Å²) in [5.41, 5.74) is 4.26. The van der Waals surface area contributed by atoms with Gasteiger partial charge in [-0.05, 0) is 96.1 Å². The van der Waals surface area contributed by atoms with Crippen LogP contribution in [0.2, 0.25) is 24.7 Å². The van der Waals surface area contributed by atoms with Crippen molar-refractivity contribution in [3.8, 4) is 0 Å². The van der Waals surface area contributed by atoms with Crippen molar-refractivity contribution < 1.29 is 0 Å². The lowest BCUT2D eigenvalue weighted by Gasteiger charge is -2.43. The lowest BCUT2D eigenvalue weighted by Crippen LogP contribution is -2.40. The van der Waals surface area contributed by atoms with Gasteiger partial charge in [0, 0.05) is 0 Å². The minimum Gasteiger partial charge on any atom is -0.0691 e. The Morgan fingerprint density at radius 1 is 0.711 bits per heavy atom. The third-order valence-electron chi connectivity index (χ3n) is 11.7. The van der Waals surface area contributed by atoms with Gasteiger partial charge < -0.3 is 0 Å². The van der Waals surface area contributed by atoms with Gasteiger partial charge in [-0.3, -0.25) is 0 Å². The Hall–Kier alpha value is -1.34. The molecule has 208 valence electrons. The number of rotatable bonds is 7. The molecular formula is C37H56Si. The smallest absolute Gasteiger partial charge is 0.0512 e. The van der Waals surface area contributed by atoms with Crippen molar-refractivity contribution in [3.63, 3.8) is 0 Å². The van der Waals surface area contributed by atoms with Gasteiger partial charge in [0.15, 0.2) is 0 Å². The summed E-state index contributed by atoms with van der Waals surface area (Å²) in [7, 11) is -1.35. The van der Waals surface area contributed by atoms with Crippen LogP contribution in [0.15, 0.2) is 60.7 Å². The quantitative estimate of drug-likeness (QED) is 0.313. The largest absolute Gasteiger partial charge is 0.0691 e. The molecule has 0 saturated heterocycles. The van der Waals surface area contributed by atoms with Gasteiger partial charge in [-0.1, -0.05) is 133 Å². The van der Waals surface area contributed by atoms with E-state index in [0.717, 1.165) is 52.9 Å². The third-order valence-corrected chi connectivity index (χ3v) is 16.2. The molecule has 0 spiro atoms. The molecule has 0 aliphatic heterocycles. The van der Waals surface area contributed by atoms with Crippen molar-refractivity contribution in [2.45, 2.75) is 121 Å². The van der Waals surface area contributed by atoms with Crippen LogP contribution in [0.5, 0.6) is 0 Å². The van der Waals surface area contributed by atoms with Gasteiger partial charge in [-0.2, -0.15) is 0 Å². The van der Waals surface area contributed by atoms with Gasteiger partial charge in [0.05, 0.1) is 8.07 Å². The van der Waals surface area contributed by atoms with Gasteiger partial charge in [0.2, 0.25) is 0 Å². The maximum absolute atomic E-state index is 2.80. The molecule has 38 heavy (non-hydrogen) atoms. The average molecular weight is 529 g/mol. The molecule has 0 aromatic heterocycles. The van der Waals surface area contributed by atoms with Crippen LogP contribution in [0, 0.1) is 35.5 Å². The topological polar surface area (TPSA) is 0 Å². The first-order chi connectivity index (χ1) is 18.3. The first-order valence-electron chi connectivity index (χ1n) is 16.4. The molecule has 3 aliphatic rings. The molecule has 5 unspecified atom stereocenters. The Kier molecular flexibility index (Phi) is 9.24. The van der Waals surface area contributed by atoms with Gasteiger partial charge >= 0.3 is 0 Å². The fraction of sp³-hybridized carbons (Fsp3) is 0.676. The van der Waals surface area contributed by atoms with Crippen LogP contribution in [0.25, 0.3) is 0 Å². The van der Waals surface area contributed by atoms with Crippen LogP contribution in [0.4, 0.5) is 0 Å². The van der Waals surface area contributed by atoms with E-state index in [1.807, 2.05) is 0 Å². The van der Waals surface area contributed by atoms with Crippen LogP contribution in [-0.2, 0) is 0 Å². The molecule has 2 aromatic rings. The molecule has 9 atom stereocenters. The first-order valence-corrected chi connectivity index (χ1v) is 19.7. The molecule has 3 aliphatic carbocycles. The fourth-order valence-corrected chi connectivity index (χ4v) is 15.8. The minimum absolute atomic E-state index is 0.772. The van der Waals surface area contributed by atoms with Crippen LogP contribution in [0.1, 0.15) is 108 Å². The molecule has 0 amide bonds. The van der Waals surface area contributed by atoms with Crippen molar-refractivity contribution in [2.75, 3.05) is 0 Å². The predicted octanol–water partition coefficient (Wildman–Crippen LogP) is 11.3. The Bertz CT molecular complexity index is 980. The third kappa shape index (κ3) is 6.35. The van der Waals surface area contributed by atoms with E-state index in [4.69, 9.17) is 0 Å². The molecule has 1 heteroatoms. The number of fused-ring (bicyclic) bond motifs is 1. The Labute approximate surface area is 236 Å². The predicted molar refractivity (Wildman–Crippen MR) is 169 cm³/mol. The SMILES string of the molecule is CC1CCCC[C@H](c2ccccc2)CC1C[C@@H](C)C[Si](C)(C)[C@H]1C2CCCC(c3ccccc3)C2C[C@H]1C. The van der Waals surface area contributed by atoms with Gasteiger partial charge in [-0.25, -0.2) is 0 Å². The van der Waals surface area contributed by atoms with Gasteiger partial charge in [0.25, 0.3) is 0 Å². The molecule has 3 fully saturated rings. The highest BCUT2D eigenvalue weighted by Gasteiger charge is 2.52. The summed E-state index contributed by atoms with van der Waals surface area (Å²) in [6.45, 7) is 13.5. The number of hydrogen-bond acceptors (Lipinski definition) is 0. The molecule has 5 rings (SSSR count). The second-order valence-electron chi connectivity index (χ2n) is 14.9. The van der Waals surface area contributed by atoms with E-state index in [0.29, 0.717) is 0 Å². The molecule has 0 heterocycles. The monoisotopic (exact) mass is 528 g/mol. The highest BCUT2D eigenvalue weighted by Crippen LogP contribution is 2.60. The zero-order valence-corrected chi connectivity index (χ0v) is 26.2. The molecule has 2 aromatic carbocycles. The standard InChI is InChI=1S/C37H56Si/c1-27(23-33-25-32(20-13-12-15-28(33)2)30-16-8-6-9-17-30)26-38(4,5)37-29(3)24-36-34(21-14-22-35(36)37)31-18-10-7-11-19-31/h6-11,16-19,27-29,32-37H,12-15,20-26H2,1-5H3/t27-,28?,29-,32+,33?,34?,35?,36?,37-/m1/s1. The van der Waals surface area contributed by atoms with Crippen LogP contribution in [-0.4, -0.2) is 8.07 Å². The summed E-state index contributed by atoms with van der Waals surface area (Å²) in [6, 6.07) is 24.6. The lowest BCUT2D eigenvalue weighted by atomic mass is 9.71. The summed E-state index contributed by atoms with van der Waals surface area (Å²) in [5.74, 6) is 7.08. The molecule has 0 bridgehead atoms. The van der Waals surface area contributed by atoms with Crippen LogP contribution in [0.3, 0.4) is 0 Å². The highest BCUT2D eigenvalue weighted by molar-refractivity contribution is 6.79. The molecule has 0 radical (unpaired) electrons. The Morgan fingerprint density at radius 2 is 1.37 bits per heavy atom. The summed E-state index contributed by atoms with van der Waals surface area (Å²) in [6.07, 6.45) is 14.4. The van der Waals surface area contributed by atoms with E-state index in [-0.39, 0.29) is 0 Å². The van der Waals surface area contributed by atoms with Crippen molar-refractivity contribution in [3.05, 3.63) is 71.8 Å². The maximum Gasteiger partial charge on any atom is 0.0512 e. The molecular weight excluding hydrogens is 472 g/mol. The van der Waals surface area contributed by atoms with E-state index in [1.54, 1.807) is 17.2 Å². The molecule has 0 N–H and O–H groups in total. The fourth-order valence-electron chi connectivity index (χ4n) is 10.3. The second-order valence-corrected chi connectivity index (χ2v) is 20.0. The summed E-state index contributed by atoms with van der Waals surface area (Å²) in [5, 5.41) is 0. The average Bonchev–Trinajstić information content (AvgIpc) is 3.26. The minimum atomic E-state index is -1.35. The van der Waals surface area contributed by atoms with Crippen molar-refractivity contribution in [1.82, 2.24) is 0 Å². The molecule has 3 saturated carbocycles. The number of benzene rings is 2. The van der Waals surface area contributed by atoms with E-state index in [2.05, 4.69) is 94.5 Å². The van der Waals surface area contributed by atoms with Gasteiger partial charge in [-0.15, -0.1) is 0 Å². The maximum atomic E-state index is 2.80. The van der Waals surface area contributed by atoms with Crippen molar-refractivity contribution >= 4 is 8.07 Å². The van der Waals surface area contributed by atoms with E-state index in [9.17, 15) is 0 Å². The Morgan fingerprint density at radius 3 is 2.08 bits per heavy atom. The zero-order valence-electron chi connectivity index (χ0n) is 25.2. The highest BCUT2D eigenvalue weighted by atomic mass is 28.3. The van der Waals surface area contributed by atoms with E-state index >= 15 is 0 Å². The number of hydrogen-bond donors (Lipinski definition) is 0. The first kappa shape index (κ1) is 28.2. The van der Waals surface area contributed by atoms with Crippen molar-refractivity contribution in [2.24, 2.45) is 35.5 Å². The van der Waals surface area contributed by atoms with E-state index < -0.39 is 8.07 Å². The Balaban J connectivity index is 1.26. The summed E-state index contributed by atoms with van der Waals surface area (Å²) < 4.78 is 0. The van der Waals surface area contributed by atoms with E-state index in [1.165, 1.54) is 64.2 Å². The normalized spacial score (nSPS) is 35.2. The lowest BCUT2D eigenvalue weighted by molar-refractivity contribution is 0.224. The van der Waals surface area contributed by atoms with Crippen LogP contribution >= 0.6 is 0 Å².